The van der Waals surface area contributed by atoms with E-state index in [1.54, 1.807) is 0 Å². The summed E-state index contributed by atoms with van der Waals surface area (Å²) in [5.74, 6) is 0. The van der Waals surface area contributed by atoms with Crippen molar-refractivity contribution in [1.29, 1.82) is 10.5 Å². The molecular formula is C8H11N3. The van der Waals surface area contributed by atoms with Crippen LogP contribution < -0.4 is 0 Å². The second-order valence-electron chi connectivity index (χ2n) is 2.89. The second-order valence-corrected chi connectivity index (χ2v) is 2.89. The van der Waals surface area contributed by atoms with Gasteiger partial charge in [-0.25, -0.2) is 0 Å². The van der Waals surface area contributed by atoms with Crippen LogP contribution >= 0.6 is 0 Å². The summed E-state index contributed by atoms with van der Waals surface area (Å²) < 4.78 is 0. The standard InChI is InChI=1S/C8H11N3/c1-11-7(5-9)3-2-4-8(11)6-10/h7-8H,2-4H2,1H3. The Balaban J connectivity index is 2.62. The normalized spacial score (nSPS) is 32.3. The topological polar surface area (TPSA) is 50.8 Å². The largest absolute Gasteiger partial charge is 0.275 e. The molecule has 1 rings (SSSR count). The van der Waals surface area contributed by atoms with Crippen LogP contribution in [0.1, 0.15) is 19.3 Å². The molecule has 58 valence electrons. The van der Waals surface area contributed by atoms with Crippen LogP contribution in [-0.4, -0.2) is 24.0 Å². The summed E-state index contributed by atoms with van der Waals surface area (Å²) >= 11 is 0. The Kier molecular flexibility index (Phi) is 2.46. The number of nitriles is 2. The molecule has 0 amide bonds. The molecule has 0 bridgehead atoms. The zero-order chi connectivity index (χ0) is 8.27. The van der Waals surface area contributed by atoms with E-state index in [0.717, 1.165) is 19.3 Å². The smallest absolute Gasteiger partial charge is 0.0985 e. The molecule has 3 nitrogen and oxygen atoms in total. The highest BCUT2D eigenvalue weighted by Gasteiger charge is 2.26. The van der Waals surface area contributed by atoms with Gasteiger partial charge in [-0.2, -0.15) is 10.5 Å². The van der Waals surface area contributed by atoms with Crippen molar-refractivity contribution in [3.63, 3.8) is 0 Å². The lowest BCUT2D eigenvalue weighted by molar-refractivity contribution is 0.183. The highest BCUT2D eigenvalue weighted by molar-refractivity contribution is 5.02. The average Bonchev–Trinajstić information content (AvgIpc) is 2.05. The Bertz CT molecular complexity index is 188. The molecule has 0 radical (unpaired) electrons. The fourth-order valence-electron chi connectivity index (χ4n) is 1.44. The minimum Gasteiger partial charge on any atom is -0.275 e. The van der Waals surface area contributed by atoms with Crippen LogP contribution in [0.3, 0.4) is 0 Å². The van der Waals surface area contributed by atoms with Crippen molar-refractivity contribution in [2.45, 2.75) is 31.3 Å². The Morgan fingerprint density at radius 3 is 2.00 bits per heavy atom. The van der Waals surface area contributed by atoms with Crippen molar-refractivity contribution < 1.29 is 0 Å². The molecule has 0 aromatic heterocycles. The van der Waals surface area contributed by atoms with Gasteiger partial charge in [-0.05, 0) is 26.3 Å². The molecule has 0 N–H and O–H groups in total. The Morgan fingerprint density at radius 1 is 1.18 bits per heavy atom. The van der Waals surface area contributed by atoms with Crippen LogP contribution in [0.4, 0.5) is 0 Å². The van der Waals surface area contributed by atoms with Crippen molar-refractivity contribution >= 4 is 0 Å². The molecule has 11 heavy (non-hydrogen) atoms. The van der Waals surface area contributed by atoms with E-state index >= 15 is 0 Å². The fourth-order valence-corrected chi connectivity index (χ4v) is 1.44. The number of rotatable bonds is 0. The maximum Gasteiger partial charge on any atom is 0.0985 e. The summed E-state index contributed by atoms with van der Waals surface area (Å²) in [5.41, 5.74) is 0. The predicted molar refractivity (Wildman–Crippen MR) is 40.4 cm³/mol. The lowest BCUT2D eigenvalue weighted by Gasteiger charge is -2.31. The first-order valence-corrected chi connectivity index (χ1v) is 3.80. The summed E-state index contributed by atoms with van der Waals surface area (Å²) in [6, 6.07) is 4.29. The van der Waals surface area contributed by atoms with Gasteiger partial charge in [-0.3, -0.25) is 4.90 Å². The van der Waals surface area contributed by atoms with E-state index < -0.39 is 0 Å². The van der Waals surface area contributed by atoms with Gasteiger partial charge in [0.05, 0.1) is 24.2 Å². The van der Waals surface area contributed by atoms with E-state index in [4.69, 9.17) is 10.5 Å². The van der Waals surface area contributed by atoms with Gasteiger partial charge in [0.1, 0.15) is 0 Å². The van der Waals surface area contributed by atoms with Gasteiger partial charge in [0.15, 0.2) is 0 Å². The molecule has 1 aliphatic rings. The van der Waals surface area contributed by atoms with Crippen molar-refractivity contribution in [2.75, 3.05) is 7.05 Å². The van der Waals surface area contributed by atoms with Gasteiger partial charge in [-0.15, -0.1) is 0 Å². The third kappa shape index (κ3) is 1.50. The molecular weight excluding hydrogens is 138 g/mol. The zero-order valence-electron chi connectivity index (χ0n) is 6.62. The predicted octanol–water partition coefficient (Wildman–Crippen LogP) is 0.886. The van der Waals surface area contributed by atoms with Crippen LogP contribution in [0.15, 0.2) is 0 Å². The first kappa shape index (κ1) is 8.04. The highest BCUT2D eigenvalue weighted by atomic mass is 15.2. The number of likely N-dealkylation sites (tertiary alicyclic amines) is 1. The summed E-state index contributed by atoms with van der Waals surface area (Å²) in [4.78, 5) is 1.86. The van der Waals surface area contributed by atoms with E-state index in [1.165, 1.54) is 0 Å². The van der Waals surface area contributed by atoms with Crippen molar-refractivity contribution in [2.24, 2.45) is 0 Å². The Morgan fingerprint density at radius 2 is 1.64 bits per heavy atom. The summed E-state index contributed by atoms with van der Waals surface area (Å²) in [6.45, 7) is 0. The quantitative estimate of drug-likeness (QED) is 0.514. The van der Waals surface area contributed by atoms with Crippen LogP contribution in [-0.2, 0) is 0 Å². The van der Waals surface area contributed by atoms with Crippen LogP contribution in [0.25, 0.3) is 0 Å². The van der Waals surface area contributed by atoms with Crippen molar-refractivity contribution in [3.05, 3.63) is 0 Å². The molecule has 0 saturated carbocycles. The SMILES string of the molecule is CN1C(C#N)CCCC1C#N. The van der Waals surface area contributed by atoms with Crippen molar-refractivity contribution in [1.82, 2.24) is 4.90 Å². The fraction of sp³-hybridized carbons (Fsp3) is 0.750. The molecule has 1 fully saturated rings. The average molecular weight is 149 g/mol. The van der Waals surface area contributed by atoms with E-state index in [1.807, 2.05) is 11.9 Å². The Labute approximate surface area is 66.8 Å². The molecule has 1 aliphatic heterocycles. The lowest BCUT2D eigenvalue weighted by atomic mass is 9.98. The summed E-state index contributed by atoms with van der Waals surface area (Å²) in [6.07, 6.45) is 2.82. The van der Waals surface area contributed by atoms with E-state index in [-0.39, 0.29) is 12.1 Å². The molecule has 1 heterocycles. The minimum atomic E-state index is -0.0478. The van der Waals surface area contributed by atoms with Crippen LogP contribution in [0.2, 0.25) is 0 Å². The zero-order valence-corrected chi connectivity index (χ0v) is 6.62. The molecule has 1 saturated heterocycles. The number of hydrogen-bond acceptors (Lipinski definition) is 3. The van der Waals surface area contributed by atoms with E-state index in [2.05, 4.69) is 12.1 Å². The molecule has 3 heteroatoms. The number of piperidine rings is 1. The first-order chi connectivity index (χ1) is 5.29. The molecule has 2 unspecified atom stereocenters. The van der Waals surface area contributed by atoms with Gasteiger partial charge in [0.25, 0.3) is 0 Å². The highest BCUT2D eigenvalue weighted by Crippen LogP contribution is 2.19. The summed E-state index contributed by atoms with van der Waals surface area (Å²) in [5, 5.41) is 17.3. The lowest BCUT2D eigenvalue weighted by Crippen LogP contribution is -2.42. The molecule has 0 aromatic rings. The van der Waals surface area contributed by atoms with Gasteiger partial charge in [-0.1, -0.05) is 0 Å². The monoisotopic (exact) mass is 149 g/mol. The van der Waals surface area contributed by atoms with E-state index in [9.17, 15) is 0 Å². The summed E-state index contributed by atoms with van der Waals surface area (Å²) in [7, 11) is 1.85. The second kappa shape index (κ2) is 3.37. The van der Waals surface area contributed by atoms with Crippen molar-refractivity contribution in [3.8, 4) is 12.1 Å². The number of nitrogens with zero attached hydrogens (tertiary/aromatic N) is 3. The van der Waals surface area contributed by atoms with E-state index in [0.29, 0.717) is 0 Å². The minimum absolute atomic E-state index is 0.0478. The first-order valence-electron chi connectivity index (χ1n) is 3.80. The Hall–Kier alpha value is -1.06. The maximum atomic E-state index is 8.67. The third-order valence-electron chi connectivity index (χ3n) is 2.24. The molecule has 0 aliphatic carbocycles. The van der Waals surface area contributed by atoms with Gasteiger partial charge < -0.3 is 0 Å². The van der Waals surface area contributed by atoms with Gasteiger partial charge in [0, 0.05) is 0 Å². The third-order valence-corrected chi connectivity index (χ3v) is 2.24. The van der Waals surface area contributed by atoms with Crippen LogP contribution in [0.5, 0.6) is 0 Å². The van der Waals surface area contributed by atoms with Gasteiger partial charge >= 0.3 is 0 Å². The molecule has 0 spiro atoms. The number of hydrogen-bond donors (Lipinski definition) is 0. The molecule has 0 aromatic carbocycles. The maximum absolute atomic E-state index is 8.67. The van der Waals surface area contributed by atoms with Gasteiger partial charge in [0.2, 0.25) is 0 Å². The van der Waals surface area contributed by atoms with Crippen LogP contribution in [0, 0.1) is 22.7 Å². The molecule has 2 atom stereocenters.